The first-order valence-electron chi connectivity index (χ1n) is 11.3. The average Bonchev–Trinajstić information content (AvgIpc) is 2.81. The standard InChI is InChI=1S/C27H31BrN2O5/c1-27(2,3)21-9-12-24(23(28)17-21)34-14-5-6-25(31)35-22-10-7-19(8-11-22)16-20(18-29)26(32)30-13-15-33-4/h7-12,16-17H,5-6,13-15H2,1-4H3,(H,30,32)/b20-16+. The van der Waals surface area contributed by atoms with Crippen LogP contribution in [0.4, 0.5) is 0 Å². The van der Waals surface area contributed by atoms with Crippen molar-refractivity contribution in [2.75, 3.05) is 26.9 Å². The molecule has 186 valence electrons. The van der Waals surface area contributed by atoms with Gasteiger partial charge in [-0.15, -0.1) is 0 Å². The molecular formula is C27H31BrN2O5. The van der Waals surface area contributed by atoms with Gasteiger partial charge in [-0.1, -0.05) is 39.0 Å². The number of carbonyl (C=O) groups is 2. The van der Waals surface area contributed by atoms with Gasteiger partial charge in [-0.25, -0.2) is 0 Å². The van der Waals surface area contributed by atoms with Crippen molar-refractivity contribution in [2.24, 2.45) is 0 Å². The molecule has 0 aliphatic carbocycles. The van der Waals surface area contributed by atoms with E-state index in [1.807, 2.05) is 18.2 Å². The zero-order chi connectivity index (χ0) is 25.8. The molecule has 0 saturated carbocycles. The highest BCUT2D eigenvalue weighted by molar-refractivity contribution is 9.10. The van der Waals surface area contributed by atoms with Gasteiger partial charge in [0.25, 0.3) is 5.91 Å². The number of nitrogens with one attached hydrogen (secondary N) is 1. The maximum Gasteiger partial charge on any atom is 0.311 e. The zero-order valence-electron chi connectivity index (χ0n) is 20.5. The van der Waals surface area contributed by atoms with Gasteiger partial charge in [0.1, 0.15) is 23.1 Å². The van der Waals surface area contributed by atoms with Crippen molar-refractivity contribution in [2.45, 2.75) is 39.0 Å². The van der Waals surface area contributed by atoms with E-state index in [0.29, 0.717) is 37.5 Å². The molecule has 0 fully saturated rings. The maximum atomic E-state index is 12.2. The summed E-state index contributed by atoms with van der Waals surface area (Å²) in [4.78, 5) is 24.2. The Morgan fingerprint density at radius 1 is 1.11 bits per heavy atom. The SMILES string of the molecule is COCCNC(=O)/C(C#N)=C/c1ccc(OC(=O)CCCOc2ccc(C(C)(C)C)cc2Br)cc1. The number of ether oxygens (including phenoxy) is 3. The Kier molecular flexibility index (Phi) is 11.0. The predicted octanol–water partition coefficient (Wildman–Crippen LogP) is 5.18. The van der Waals surface area contributed by atoms with E-state index in [0.717, 1.165) is 10.2 Å². The lowest BCUT2D eigenvalue weighted by Gasteiger charge is -2.20. The fourth-order valence-corrected chi connectivity index (χ4v) is 3.47. The van der Waals surface area contributed by atoms with Crippen LogP contribution in [0.5, 0.6) is 11.5 Å². The van der Waals surface area contributed by atoms with Crippen LogP contribution in [0.25, 0.3) is 6.08 Å². The molecule has 0 atom stereocenters. The lowest BCUT2D eigenvalue weighted by molar-refractivity contribution is -0.134. The number of nitrogens with zero attached hydrogens (tertiary/aromatic N) is 1. The van der Waals surface area contributed by atoms with Crippen molar-refractivity contribution in [1.82, 2.24) is 5.32 Å². The highest BCUT2D eigenvalue weighted by Gasteiger charge is 2.15. The van der Waals surface area contributed by atoms with Gasteiger partial charge in [-0.2, -0.15) is 5.26 Å². The summed E-state index contributed by atoms with van der Waals surface area (Å²) >= 11 is 3.55. The van der Waals surface area contributed by atoms with E-state index < -0.39 is 5.91 Å². The lowest BCUT2D eigenvalue weighted by atomic mass is 9.87. The van der Waals surface area contributed by atoms with E-state index in [9.17, 15) is 14.9 Å². The van der Waals surface area contributed by atoms with Gasteiger partial charge in [-0.3, -0.25) is 9.59 Å². The van der Waals surface area contributed by atoms with Crippen molar-refractivity contribution in [1.29, 1.82) is 5.26 Å². The van der Waals surface area contributed by atoms with Gasteiger partial charge in [0, 0.05) is 20.1 Å². The van der Waals surface area contributed by atoms with Crippen molar-refractivity contribution >= 4 is 33.9 Å². The van der Waals surface area contributed by atoms with Gasteiger partial charge >= 0.3 is 5.97 Å². The number of nitriles is 1. The number of methoxy groups -OCH3 is 1. The second kappa shape index (κ2) is 13.7. The van der Waals surface area contributed by atoms with Crippen LogP contribution in [0, 0.1) is 11.3 Å². The number of rotatable bonds is 11. The third kappa shape index (κ3) is 9.55. The first-order chi connectivity index (χ1) is 16.6. The maximum absolute atomic E-state index is 12.2. The number of amides is 1. The minimum atomic E-state index is -0.473. The lowest BCUT2D eigenvalue weighted by Crippen LogP contribution is -2.27. The summed E-state index contributed by atoms with van der Waals surface area (Å²) < 4.78 is 16.9. The van der Waals surface area contributed by atoms with Crippen LogP contribution < -0.4 is 14.8 Å². The van der Waals surface area contributed by atoms with Gasteiger partial charge in [0.15, 0.2) is 0 Å². The quantitative estimate of drug-likeness (QED) is 0.138. The van der Waals surface area contributed by atoms with Crippen molar-refractivity contribution in [3.63, 3.8) is 0 Å². The Balaban J connectivity index is 1.81. The van der Waals surface area contributed by atoms with E-state index in [-0.39, 0.29) is 23.4 Å². The third-order valence-corrected chi connectivity index (χ3v) is 5.58. The molecular weight excluding hydrogens is 512 g/mol. The smallest absolute Gasteiger partial charge is 0.311 e. The number of carbonyl (C=O) groups excluding carboxylic acids is 2. The molecule has 8 heteroatoms. The molecule has 1 amide bonds. The molecule has 0 unspecified atom stereocenters. The van der Waals surface area contributed by atoms with Crippen molar-refractivity contribution in [3.05, 3.63) is 63.6 Å². The number of halogens is 1. The van der Waals surface area contributed by atoms with Crippen LogP contribution in [-0.4, -0.2) is 38.7 Å². The second-order valence-electron chi connectivity index (χ2n) is 8.81. The zero-order valence-corrected chi connectivity index (χ0v) is 22.1. The summed E-state index contributed by atoms with van der Waals surface area (Å²) in [5.74, 6) is 0.282. The van der Waals surface area contributed by atoms with E-state index in [4.69, 9.17) is 14.2 Å². The number of benzene rings is 2. The number of hydrogen-bond acceptors (Lipinski definition) is 6. The summed E-state index contributed by atoms with van der Waals surface area (Å²) in [5.41, 5.74) is 1.87. The molecule has 2 aromatic rings. The summed E-state index contributed by atoms with van der Waals surface area (Å²) in [5, 5.41) is 11.8. The summed E-state index contributed by atoms with van der Waals surface area (Å²) in [6.07, 6.45) is 2.19. The molecule has 0 aliphatic rings. The van der Waals surface area contributed by atoms with E-state index in [1.54, 1.807) is 24.3 Å². The van der Waals surface area contributed by atoms with E-state index in [2.05, 4.69) is 48.1 Å². The molecule has 1 N–H and O–H groups in total. The molecule has 0 radical (unpaired) electrons. The van der Waals surface area contributed by atoms with Crippen LogP contribution in [0.1, 0.15) is 44.7 Å². The third-order valence-electron chi connectivity index (χ3n) is 4.96. The fourth-order valence-electron chi connectivity index (χ4n) is 2.97. The first-order valence-corrected chi connectivity index (χ1v) is 12.1. The Bertz CT molecular complexity index is 1080. The largest absolute Gasteiger partial charge is 0.492 e. The Morgan fingerprint density at radius 2 is 1.83 bits per heavy atom. The van der Waals surface area contributed by atoms with E-state index in [1.165, 1.54) is 18.7 Å². The summed E-state index contributed by atoms with van der Waals surface area (Å²) in [6, 6.07) is 14.5. The monoisotopic (exact) mass is 542 g/mol. The topological polar surface area (TPSA) is 97.6 Å². The van der Waals surface area contributed by atoms with E-state index >= 15 is 0 Å². The Morgan fingerprint density at radius 3 is 2.43 bits per heavy atom. The van der Waals surface area contributed by atoms with Crippen LogP contribution in [0.2, 0.25) is 0 Å². The number of hydrogen-bond donors (Lipinski definition) is 1. The molecule has 0 bridgehead atoms. The Hall–Kier alpha value is -3.15. The van der Waals surface area contributed by atoms with Gasteiger partial charge in [-0.05, 0) is 69.2 Å². The molecule has 7 nitrogen and oxygen atoms in total. The summed E-state index contributed by atoms with van der Waals surface area (Å²) in [7, 11) is 1.53. The molecule has 0 heterocycles. The van der Waals surface area contributed by atoms with Gasteiger partial charge in [0.2, 0.25) is 0 Å². The molecule has 2 rings (SSSR count). The molecule has 0 saturated heterocycles. The minimum Gasteiger partial charge on any atom is -0.492 e. The molecule has 35 heavy (non-hydrogen) atoms. The van der Waals surface area contributed by atoms with Crippen molar-refractivity contribution in [3.8, 4) is 17.6 Å². The minimum absolute atomic E-state index is 0.0227. The second-order valence-corrected chi connectivity index (χ2v) is 9.66. The van der Waals surface area contributed by atoms with Gasteiger partial charge < -0.3 is 19.5 Å². The summed E-state index contributed by atoms with van der Waals surface area (Å²) in [6.45, 7) is 7.51. The highest BCUT2D eigenvalue weighted by Crippen LogP contribution is 2.31. The average molecular weight is 543 g/mol. The predicted molar refractivity (Wildman–Crippen MR) is 138 cm³/mol. The molecule has 0 aromatic heterocycles. The highest BCUT2D eigenvalue weighted by atomic mass is 79.9. The van der Waals surface area contributed by atoms with Crippen LogP contribution >= 0.6 is 15.9 Å². The van der Waals surface area contributed by atoms with Crippen LogP contribution in [0.3, 0.4) is 0 Å². The van der Waals surface area contributed by atoms with Crippen LogP contribution in [0.15, 0.2) is 52.5 Å². The molecule has 2 aromatic carbocycles. The first kappa shape index (κ1) is 28.1. The Labute approximate surface area is 215 Å². The number of esters is 1. The van der Waals surface area contributed by atoms with Crippen LogP contribution in [-0.2, 0) is 19.7 Å². The molecule has 0 spiro atoms. The van der Waals surface area contributed by atoms with Crippen molar-refractivity contribution < 1.29 is 23.8 Å². The fraction of sp³-hybridized carbons (Fsp3) is 0.370. The normalized spacial score (nSPS) is 11.5. The molecule has 0 aliphatic heterocycles. The van der Waals surface area contributed by atoms with Gasteiger partial charge in [0.05, 0.1) is 17.7 Å².